The van der Waals surface area contributed by atoms with Gasteiger partial charge < -0.3 is 28.4 Å². The number of hydrogen-bond acceptors (Lipinski definition) is 7. The van der Waals surface area contributed by atoms with Crippen molar-refractivity contribution in [3.8, 4) is 0 Å². The smallest absolute Gasteiger partial charge is 0.190 e. The van der Waals surface area contributed by atoms with Gasteiger partial charge in [-0.05, 0) is 22.4 Å². The lowest BCUT2D eigenvalue weighted by Gasteiger charge is -2.26. The number of alkyl halides is 4. The van der Waals surface area contributed by atoms with Crippen LogP contribution >= 0.6 is 57.7 Å². The number of halogens is 4. The molecule has 4 rings (SSSR count). The number of thiophene rings is 1. The lowest BCUT2D eigenvalue weighted by molar-refractivity contribution is -0.197. The summed E-state index contributed by atoms with van der Waals surface area (Å²) < 4.78 is 35.6. The Kier molecular flexibility index (Phi) is 7.67. The number of hydrogen-bond donors (Lipinski definition) is 0. The molecule has 0 aromatic carbocycles. The van der Waals surface area contributed by atoms with Crippen molar-refractivity contribution < 1.29 is 28.4 Å². The normalized spacial score (nSPS) is 38.0. The lowest BCUT2D eigenvalue weighted by atomic mass is 10.1. The maximum Gasteiger partial charge on any atom is 0.190 e. The third-order valence-corrected chi connectivity index (χ3v) is 6.15. The van der Waals surface area contributed by atoms with Crippen molar-refractivity contribution in [2.45, 2.75) is 72.4 Å². The third kappa shape index (κ3) is 5.26. The van der Waals surface area contributed by atoms with E-state index in [0.29, 0.717) is 26.1 Å². The van der Waals surface area contributed by atoms with Crippen LogP contribution in [0.3, 0.4) is 0 Å². The SMILES string of the molecule is ClC(Cl)CC1O[C@H]2O[C@H]([C@H]3COC(CC(Cl)Cl)O3)[C@H](OCc3ccsc3)[C@H]2O1. The first-order valence-electron chi connectivity index (χ1n) is 8.92. The second-order valence-corrected chi connectivity index (χ2v) is 10.1. The number of fused-ring (bicyclic) bond motifs is 1. The van der Waals surface area contributed by atoms with Crippen LogP contribution in [0.25, 0.3) is 0 Å². The monoisotopic (exact) mass is 492 g/mol. The summed E-state index contributed by atoms with van der Waals surface area (Å²) >= 11 is 25.0. The molecule has 3 fully saturated rings. The number of ether oxygens (including phenoxy) is 6. The summed E-state index contributed by atoms with van der Waals surface area (Å²) in [6.45, 7) is 0.782. The van der Waals surface area contributed by atoms with Crippen LogP contribution in [-0.4, -0.2) is 59.6 Å². The van der Waals surface area contributed by atoms with Gasteiger partial charge in [0.15, 0.2) is 18.9 Å². The minimum Gasteiger partial charge on any atom is -0.368 e. The minimum absolute atomic E-state index is 0.338. The van der Waals surface area contributed by atoms with E-state index in [-0.39, 0.29) is 6.10 Å². The zero-order valence-corrected chi connectivity index (χ0v) is 18.5. The van der Waals surface area contributed by atoms with Crippen molar-refractivity contribution in [3.63, 3.8) is 0 Å². The van der Waals surface area contributed by atoms with Crippen LogP contribution in [0.5, 0.6) is 0 Å². The molecule has 1 aromatic rings. The molecule has 6 nitrogen and oxygen atoms in total. The molecule has 3 saturated heterocycles. The van der Waals surface area contributed by atoms with Gasteiger partial charge in [-0.1, -0.05) is 0 Å². The van der Waals surface area contributed by atoms with Gasteiger partial charge in [-0.25, -0.2) is 0 Å². The van der Waals surface area contributed by atoms with E-state index in [1.807, 2.05) is 16.8 Å². The van der Waals surface area contributed by atoms with Crippen LogP contribution in [0.4, 0.5) is 0 Å². The Bertz CT molecular complexity index is 621. The topological polar surface area (TPSA) is 55.4 Å². The molecule has 4 heterocycles. The number of rotatable bonds is 8. The first kappa shape index (κ1) is 21.8. The van der Waals surface area contributed by atoms with Crippen molar-refractivity contribution in [1.82, 2.24) is 0 Å². The van der Waals surface area contributed by atoms with Gasteiger partial charge in [0.1, 0.15) is 34.1 Å². The summed E-state index contributed by atoms with van der Waals surface area (Å²) in [5, 5.41) is 4.04. The van der Waals surface area contributed by atoms with E-state index in [1.165, 1.54) is 0 Å². The van der Waals surface area contributed by atoms with E-state index in [0.717, 1.165) is 5.56 Å². The van der Waals surface area contributed by atoms with E-state index in [2.05, 4.69) is 0 Å². The van der Waals surface area contributed by atoms with Gasteiger partial charge in [0.25, 0.3) is 0 Å². The Hall–Kier alpha value is 0.620. The fraction of sp³-hybridized carbons (Fsp3) is 0.765. The molecule has 0 aliphatic carbocycles. The molecule has 11 heteroatoms. The zero-order chi connectivity index (χ0) is 19.7. The van der Waals surface area contributed by atoms with Gasteiger partial charge >= 0.3 is 0 Å². The molecule has 0 bridgehead atoms. The van der Waals surface area contributed by atoms with E-state index in [1.54, 1.807) is 11.3 Å². The van der Waals surface area contributed by atoms with Gasteiger partial charge in [0.05, 0.1) is 13.2 Å². The average Bonchev–Trinajstić information content (AvgIpc) is 3.36. The summed E-state index contributed by atoms with van der Waals surface area (Å²) in [6, 6.07) is 2.01. The molecule has 0 saturated carbocycles. The first-order valence-corrected chi connectivity index (χ1v) is 11.6. The Morgan fingerprint density at radius 1 is 1.00 bits per heavy atom. The van der Waals surface area contributed by atoms with Crippen LogP contribution in [0.15, 0.2) is 16.8 Å². The van der Waals surface area contributed by atoms with Crippen LogP contribution in [-0.2, 0) is 35.0 Å². The van der Waals surface area contributed by atoms with E-state index < -0.39 is 46.9 Å². The molecule has 0 N–H and O–H groups in total. The lowest BCUT2D eigenvalue weighted by Crippen LogP contribution is -2.43. The minimum atomic E-state index is -0.587. The highest BCUT2D eigenvalue weighted by atomic mass is 35.5. The fourth-order valence-corrected chi connectivity index (χ4v) is 4.72. The van der Waals surface area contributed by atoms with Crippen LogP contribution in [0.1, 0.15) is 18.4 Å². The van der Waals surface area contributed by atoms with E-state index in [9.17, 15) is 0 Å². The summed E-state index contributed by atoms with van der Waals surface area (Å²) in [6.07, 6.45) is -2.42. The highest BCUT2D eigenvalue weighted by Gasteiger charge is 2.56. The van der Waals surface area contributed by atoms with Gasteiger partial charge in [-0.3, -0.25) is 0 Å². The Balaban J connectivity index is 1.42. The second-order valence-electron chi connectivity index (χ2n) is 6.73. The van der Waals surface area contributed by atoms with Crippen molar-refractivity contribution >= 4 is 57.7 Å². The molecule has 7 atom stereocenters. The molecule has 0 spiro atoms. The van der Waals surface area contributed by atoms with Crippen molar-refractivity contribution in [2.24, 2.45) is 0 Å². The predicted octanol–water partition coefficient (Wildman–Crippen LogP) is 4.23. The van der Waals surface area contributed by atoms with Crippen LogP contribution < -0.4 is 0 Å². The van der Waals surface area contributed by atoms with Gasteiger partial charge in [0, 0.05) is 12.8 Å². The first-order chi connectivity index (χ1) is 13.5. The molecule has 2 unspecified atom stereocenters. The zero-order valence-electron chi connectivity index (χ0n) is 14.6. The molecule has 0 radical (unpaired) electrons. The average molecular weight is 494 g/mol. The Morgan fingerprint density at radius 3 is 2.50 bits per heavy atom. The Labute approximate surface area is 187 Å². The summed E-state index contributed by atoms with van der Waals surface area (Å²) in [4.78, 5) is -1.15. The third-order valence-electron chi connectivity index (χ3n) is 4.71. The quantitative estimate of drug-likeness (QED) is 0.505. The molecule has 0 amide bonds. The predicted molar refractivity (Wildman–Crippen MR) is 106 cm³/mol. The van der Waals surface area contributed by atoms with E-state index in [4.69, 9.17) is 74.8 Å². The maximum absolute atomic E-state index is 6.18. The van der Waals surface area contributed by atoms with Crippen molar-refractivity contribution in [3.05, 3.63) is 22.4 Å². The Morgan fingerprint density at radius 2 is 1.79 bits per heavy atom. The molecule has 1 aromatic heterocycles. The second kappa shape index (κ2) is 9.83. The van der Waals surface area contributed by atoms with Gasteiger partial charge in [-0.2, -0.15) is 11.3 Å². The summed E-state index contributed by atoms with van der Waals surface area (Å²) in [5.74, 6) is 0. The standard InChI is InChI=1S/C17H20Cl4O6S/c18-10(19)3-12-22-6-9(24-12)14-15(23-5-8-1-2-28-7-8)16-17(27-14)26-13(25-16)4-11(20)21/h1-2,7,9-17H,3-6H2/t9-,12?,13?,14-,15+,16-,17+/m1/s1. The maximum atomic E-state index is 6.18. The van der Waals surface area contributed by atoms with Crippen LogP contribution in [0.2, 0.25) is 0 Å². The summed E-state index contributed by atoms with van der Waals surface area (Å²) in [7, 11) is 0. The molecule has 3 aliphatic heterocycles. The molecule has 28 heavy (non-hydrogen) atoms. The van der Waals surface area contributed by atoms with Crippen molar-refractivity contribution in [2.75, 3.05) is 6.61 Å². The van der Waals surface area contributed by atoms with E-state index >= 15 is 0 Å². The van der Waals surface area contributed by atoms with Gasteiger partial charge in [0.2, 0.25) is 0 Å². The summed E-state index contributed by atoms with van der Waals surface area (Å²) in [5.41, 5.74) is 1.08. The molecular formula is C17H20Cl4O6S. The van der Waals surface area contributed by atoms with Crippen molar-refractivity contribution in [1.29, 1.82) is 0 Å². The molecular weight excluding hydrogens is 474 g/mol. The molecule has 158 valence electrons. The fourth-order valence-electron chi connectivity index (χ4n) is 3.49. The highest BCUT2D eigenvalue weighted by molar-refractivity contribution is 7.07. The molecule has 3 aliphatic rings. The van der Waals surface area contributed by atoms with Crippen LogP contribution in [0, 0.1) is 0 Å². The highest BCUT2D eigenvalue weighted by Crippen LogP contribution is 2.39. The van der Waals surface area contributed by atoms with Gasteiger partial charge in [-0.15, -0.1) is 46.4 Å². The largest absolute Gasteiger partial charge is 0.368 e.